The lowest BCUT2D eigenvalue weighted by Crippen LogP contribution is -2.09. The highest BCUT2D eigenvalue weighted by atomic mass is 35.5. The van der Waals surface area contributed by atoms with Crippen LogP contribution in [0.2, 0.25) is 0 Å². The first-order chi connectivity index (χ1) is 5.45. The lowest BCUT2D eigenvalue weighted by molar-refractivity contribution is -0.131. The van der Waals surface area contributed by atoms with Gasteiger partial charge in [0.15, 0.2) is 0 Å². The van der Waals surface area contributed by atoms with Gasteiger partial charge in [0.1, 0.15) is 10.1 Å². The maximum atomic E-state index is 10.3. The standard InChI is InChI=1S/C6H5Cl2NO3/c7-3(5(9)10)1-2-4(8)6(11)12/h1-2H,(H2,9,10)(H,11,12)/b3-1-,4-2-. The first-order valence-electron chi connectivity index (χ1n) is 2.71. The summed E-state index contributed by atoms with van der Waals surface area (Å²) in [6.45, 7) is 0. The zero-order chi connectivity index (χ0) is 9.72. The second-order valence-corrected chi connectivity index (χ2v) is 2.51. The molecule has 0 aliphatic rings. The van der Waals surface area contributed by atoms with Crippen LogP contribution in [0.25, 0.3) is 0 Å². The number of allylic oxidation sites excluding steroid dienone is 2. The van der Waals surface area contributed by atoms with Gasteiger partial charge in [0, 0.05) is 0 Å². The first-order valence-corrected chi connectivity index (χ1v) is 3.47. The molecule has 0 saturated carbocycles. The zero-order valence-corrected chi connectivity index (χ0v) is 7.26. The number of halogens is 2. The maximum Gasteiger partial charge on any atom is 0.347 e. The van der Waals surface area contributed by atoms with Crippen LogP contribution in [-0.4, -0.2) is 17.0 Å². The summed E-state index contributed by atoms with van der Waals surface area (Å²) in [4.78, 5) is 20.4. The zero-order valence-electron chi connectivity index (χ0n) is 5.75. The van der Waals surface area contributed by atoms with E-state index in [2.05, 4.69) is 0 Å². The molecule has 0 rings (SSSR count). The van der Waals surface area contributed by atoms with Crippen LogP contribution in [0.1, 0.15) is 0 Å². The lowest BCUT2D eigenvalue weighted by atomic mass is 10.4. The van der Waals surface area contributed by atoms with Crippen molar-refractivity contribution in [2.75, 3.05) is 0 Å². The number of primary amides is 1. The summed E-state index contributed by atoms with van der Waals surface area (Å²) in [5, 5.41) is 7.51. The highest BCUT2D eigenvalue weighted by Gasteiger charge is 2.02. The number of hydrogen-bond donors (Lipinski definition) is 2. The summed E-state index contributed by atoms with van der Waals surface area (Å²) in [7, 11) is 0. The molecule has 0 radical (unpaired) electrons. The fourth-order valence-corrected chi connectivity index (χ4v) is 0.426. The normalized spacial score (nSPS) is 12.8. The van der Waals surface area contributed by atoms with Crippen molar-refractivity contribution in [1.29, 1.82) is 0 Å². The van der Waals surface area contributed by atoms with Crippen LogP contribution in [0.4, 0.5) is 0 Å². The Morgan fingerprint density at radius 3 is 1.92 bits per heavy atom. The SMILES string of the molecule is NC(=O)/C(Cl)=C/C=C(\Cl)C(=O)O. The number of carboxylic acid groups (broad SMARTS) is 1. The Kier molecular flexibility index (Phi) is 4.39. The van der Waals surface area contributed by atoms with Gasteiger partial charge in [-0.25, -0.2) is 4.79 Å². The Balaban J connectivity index is 4.48. The quantitative estimate of drug-likeness (QED) is 0.534. The average molecular weight is 210 g/mol. The molecule has 0 aromatic carbocycles. The van der Waals surface area contributed by atoms with Crippen LogP contribution in [-0.2, 0) is 9.59 Å². The van der Waals surface area contributed by atoms with Gasteiger partial charge in [0.25, 0.3) is 5.91 Å². The van der Waals surface area contributed by atoms with E-state index in [4.69, 9.17) is 34.0 Å². The van der Waals surface area contributed by atoms with Gasteiger partial charge in [-0.1, -0.05) is 23.2 Å². The number of carbonyl (C=O) groups is 2. The third kappa shape index (κ3) is 4.00. The summed E-state index contributed by atoms with van der Waals surface area (Å²) in [6, 6.07) is 0. The molecule has 0 saturated heterocycles. The van der Waals surface area contributed by atoms with Crippen molar-refractivity contribution >= 4 is 35.1 Å². The second kappa shape index (κ2) is 4.79. The van der Waals surface area contributed by atoms with Crippen molar-refractivity contribution in [3.63, 3.8) is 0 Å². The molecule has 0 unspecified atom stereocenters. The van der Waals surface area contributed by atoms with E-state index in [0.29, 0.717) is 0 Å². The van der Waals surface area contributed by atoms with Crippen LogP contribution in [0.3, 0.4) is 0 Å². The molecule has 0 aliphatic heterocycles. The number of rotatable bonds is 3. The summed E-state index contributed by atoms with van der Waals surface area (Å²) in [6.07, 6.45) is 1.98. The Hall–Kier alpha value is -1.00. The van der Waals surface area contributed by atoms with Crippen molar-refractivity contribution in [1.82, 2.24) is 0 Å². The van der Waals surface area contributed by atoms with Gasteiger partial charge >= 0.3 is 5.97 Å². The van der Waals surface area contributed by atoms with Crippen molar-refractivity contribution in [3.8, 4) is 0 Å². The molecular weight excluding hydrogens is 205 g/mol. The number of carboxylic acids is 1. The fraction of sp³-hybridized carbons (Fsp3) is 0. The van der Waals surface area contributed by atoms with Crippen LogP contribution in [0.5, 0.6) is 0 Å². The Bertz CT molecular complexity index is 242. The van der Waals surface area contributed by atoms with Crippen LogP contribution in [0, 0.1) is 0 Å². The molecule has 12 heavy (non-hydrogen) atoms. The number of nitrogens with two attached hydrogens (primary N) is 1. The predicted molar refractivity (Wildman–Crippen MR) is 44.7 cm³/mol. The molecule has 3 N–H and O–H groups in total. The molecule has 0 fully saturated rings. The lowest BCUT2D eigenvalue weighted by Gasteiger charge is -1.88. The van der Waals surface area contributed by atoms with E-state index in [1.54, 1.807) is 0 Å². The summed E-state index contributed by atoms with van der Waals surface area (Å²) < 4.78 is 0. The Morgan fingerprint density at radius 1 is 1.17 bits per heavy atom. The van der Waals surface area contributed by atoms with Gasteiger partial charge in [-0.15, -0.1) is 0 Å². The van der Waals surface area contributed by atoms with Crippen LogP contribution in [0.15, 0.2) is 22.2 Å². The van der Waals surface area contributed by atoms with E-state index >= 15 is 0 Å². The monoisotopic (exact) mass is 209 g/mol. The van der Waals surface area contributed by atoms with Crippen LogP contribution < -0.4 is 5.73 Å². The van der Waals surface area contributed by atoms with E-state index in [9.17, 15) is 9.59 Å². The topological polar surface area (TPSA) is 80.4 Å². The fourth-order valence-electron chi connectivity index (χ4n) is 0.300. The van der Waals surface area contributed by atoms with Gasteiger partial charge in [-0.2, -0.15) is 0 Å². The molecule has 0 heterocycles. The smallest absolute Gasteiger partial charge is 0.347 e. The molecule has 0 aromatic rings. The Morgan fingerprint density at radius 2 is 1.58 bits per heavy atom. The molecule has 0 aliphatic carbocycles. The third-order valence-corrected chi connectivity index (χ3v) is 1.42. The van der Waals surface area contributed by atoms with Crippen LogP contribution >= 0.6 is 23.2 Å². The van der Waals surface area contributed by atoms with Crippen molar-refractivity contribution < 1.29 is 14.7 Å². The van der Waals surface area contributed by atoms with Gasteiger partial charge in [-0.05, 0) is 12.2 Å². The molecule has 0 atom stereocenters. The molecular formula is C6H5Cl2NO3. The summed E-state index contributed by atoms with van der Waals surface area (Å²) in [5.74, 6) is -2.15. The molecule has 66 valence electrons. The van der Waals surface area contributed by atoms with Gasteiger partial charge in [0.05, 0.1) is 0 Å². The number of carbonyl (C=O) groups excluding carboxylic acids is 1. The molecule has 0 spiro atoms. The Labute approximate surface area is 78.2 Å². The van der Waals surface area contributed by atoms with E-state index in [1.807, 2.05) is 0 Å². The maximum absolute atomic E-state index is 10.3. The predicted octanol–water partition coefficient (Wildman–Crippen LogP) is 0.802. The molecule has 6 heteroatoms. The summed E-state index contributed by atoms with van der Waals surface area (Å²) >= 11 is 10.4. The highest BCUT2D eigenvalue weighted by molar-refractivity contribution is 6.43. The van der Waals surface area contributed by atoms with E-state index in [1.165, 1.54) is 0 Å². The molecule has 0 aromatic heterocycles. The van der Waals surface area contributed by atoms with E-state index < -0.39 is 16.9 Å². The molecule has 1 amide bonds. The first kappa shape index (κ1) is 11.0. The number of amides is 1. The van der Waals surface area contributed by atoms with Gasteiger partial charge in [-0.3, -0.25) is 4.79 Å². The van der Waals surface area contributed by atoms with Crippen molar-refractivity contribution in [2.24, 2.45) is 5.73 Å². The number of hydrogen-bond acceptors (Lipinski definition) is 2. The molecule has 0 bridgehead atoms. The largest absolute Gasteiger partial charge is 0.477 e. The number of aliphatic carboxylic acids is 1. The highest BCUT2D eigenvalue weighted by Crippen LogP contribution is 2.05. The third-order valence-electron chi connectivity index (χ3n) is 0.816. The molecule has 4 nitrogen and oxygen atoms in total. The van der Waals surface area contributed by atoms with Crippen molar-refractivity contribution in [3.05, 3.63) is 22.2 Å². The minimum absolute atomic E-state index is 0.283. The second-order valence-electron chi connectivity index (χ2n) is 1.70. The van der Waals surface area contributed by atoms with Crippen molar-refractivity contribution in [2.45, 2.75) is 0 Å². The minimum Gasteiger partial charge on any atom is -0.477 e. The van der Waals surface area contributed by atoms with Gasteiger partial charge < -0.3 is 10.8 Å². The van der Waals surface area contributed by atoms with E-state index in [0.717, 1.165) is 12.2 Å². The van der Waals surface area contributed by atoms with E-state index in [-0.39, 0.29) is 5.03 Å². The van der Waals surface area contributed by atoms with Gasteiger partial charge in [0.2, 0.25) is 0 Å². The summed E-state index contributed by atoms with van der Waals surface area (Å²) in [5.41, 5.74) is 4.74. The minimum atomic E-state index is -1.30. The average Bonchev–Trinajstić information content (AvgIpc) is 1.98.